The highest BCUT2D eigenvalue weighted by molar-refractivity contribution is 7.26. The summed E-state index contributed by atoms with van der Waals surface area (Å²) in [6.45, 7) is 0. The molecule has 0 saturated heterocycles. The van der Waals surface area contributed by atoms with Crippen molar-refractivity contribution in [3.63, 3.8) is 0 Å². The molecule has 0 fully saturated rings. The highest BCUT2D eigenvalue weighted by Crippen LogP contribution is 2.45. The predicted octanol–water partition coefficient (Wildman–Crippen LogP) is 13.6. The van der Waals surface area contributed by atoms with E-state index >= 15 is 0 Å². The highest BCUT2D eigenvalue weighted by atomic mass is 32.1. The molecule has 7 aromatic carbocycles. The lowest BCUT2D eigenvalue weighted by atomic mass is 10.0. The number of aromatic nitrogens is 5. The maximum absolute atomic E-state index is 6.41. The van der Waals surface area contributed by atoms with E-state index in [0.717, 1.165) is 70.2 Å². The van der Waals surface area contributed by atoms with E-state index in [1.165, 1.54) is 20.2 Å². The molecule has 5 aromatic heterocycles. The van der Waals surface area contributed by atoms with Gasteiger partial charge in [0.1, 0.15) is 16.8 Å². The topological polar surface area (TPSA) is 77.6 Å². The van der Waals surface area contributed by atoms with Gasteiger partial charge >= 0.3 is 0 Å². The molecule has 0 amide bonds. The largest absolute Gasteiger partial charge is 0.452 e. The van der Waals surface area contributed by atoms with E-state index in [2.05, 4.69) is 109 Å². The van der Waals surface area contributed by atoms with Gasteiger partial charge in [0, 0.05) is 73.5 Å². The van der Waals surface area contributed by atoms with E-state index in [-0.39, 0.29) is 0 Å². The van der Waals surface area contributed by atoms with E-state index in [1.807, 2.05) is 54.6 Å². The molecule has 0 aliphatic rings. The molecule has 5 heterocycles. The Balaban J connectivity index is 1.08. The number of thiophene rings is 2. The van der Waals surface area contributed by atoms with Gasteiger partial charge in [0.15, 0.2) is 28.9 Å². The van der Waals surface area contributed by atoms with Crippen LogP contribution in [0.4, 0.5) is 0 Å². The third-order valence-electron chi connectivity index (χ3n) is 10.6. The van der Waals surface area contributed by atoms with Crippen molar-refractivity contribution in [2.24, 2.45) is 0 Å². The van der Waals surface area contributed by atoms with Crippen molar-refractivity contribution in [3.05, 3.63) is 164 Å². The number of benzene rings is 7. The molecular weight excluding hydrogens is 739 g/mol. The Bertz CT molecular complexity index is 3540. The fraction of sp³-hybridized carbons (Fsp3) is 0. The molecule has 0 aliphatic carbocycles. The van der Waals surface area contributed by atoms with Gasteiger partial charge in [-0.1, -0.05) is 115 Å². The minimum Gasteiger partial charge on any atom is -0.452 e. The summed E-state index contributed by atoms with van der Waals surface area (Å²) < 4.78 is 11.1. The predicted molar refractivity (Wildman–Crippen MR) is 236 cm³/mol. The molecule has 12 aromatic rings. The molecule has 57 heavy (non-hydrogen) atoms. The van der Waals surface area contributed by atoms with E-state index in [1.54, 1.807) is 22.7 Å². The molecule has 6 nitrogen and oxygen atoms in total. The van der Waals surface area contributed by atoms with Crippen molar-refractivity contribution in [2.75, 3.05) is 0 Å². The Kier molecular flexibility index (Phi) is 7.17. The third kappa shape index (κ3) is 5.19. The van der Waals surface area contributed by atoms with Gasteiger partial charge in [0.05, 0.1) is 0 Å². The zero-order valence-corrected chi connectivity index (χ0v) is 31.7. The maximum atomic E-state index is 6.41. The number of rotatable bonds is 5. The first kappa shape index (κ1) is 32.1. The van der Waals surface area contributed by atoms with Gasteiger partial charge in [0.25, 0.3) is 0 Å². The number of hydrogen-bond acceptors (Lipinski definition) is 8. The molecule has 0 saturated carbocycles. The van der Waals surface area contributed by atoms with E-state index in [9.17, 15) is 0 Å². The standard InChI is InChI=1S/C49H27N5OS2/c1-3-13-28(14-4-1)42-44-43(32-18-7-9-22-37(32)55-44)51-49(50-42)35-21-11-19-33-41-34(20-12-24-40(41)57-45(33)35)48-53-46(29-15-5-2-6-16-29)52-47(54-48)30-25-26-39-36(27-30)31-17-8-10-23-38(31)56-39/h1-27H. The zero-order chi connectivity index (χ0) is 37.5. The quantitative estimate of drug-likeness (QED) is 0.174. The average molecular weight is 766 g/mol. The first-order valence-corrected chi connectivity index (χ1v) is 20.3. The summed E-state index contributed by atoms with van der Waals surface area (Å²) in [5, 5.41) is 5.59. The minimum absolute atomic E-state index is 0.624. The number of nitrogens with zero attached hydrogens (tertiary/aromatic N) is 5. The molecule has 266 valence electrons. The van der Waals surface area contributed by atoms with Crippen LogP contribution in [0.15, 0.2) is 168 Å². The van der Waals surface area contributed by atoms with E-state index in [4.69, 9.17) is 29.3 Å². The summed E-state index contributed by atoms with van der Waals surface area (Å²) in [6, 6.07) is 56.3. The summed E-state index contributed by atoms with van der Waals surface area (Å²) in [5.74, 6) is 2.54. The van der Waals surface area contributed by atoms with Crippen LogP contribution in [0, 0.1) is 0 Å². The van der Waals surface area contributed by atoms with Crippen molar-refractivity contribution < 1.29 is 4.42 Å². The summed E-state index contributed by atoms with van der Waals surface area (Å²) in [7, 11) is 0. The van der Waals surface area contributed by atoms with Gasteiger partial charge in [-0.3, -0.25) is 0 Å². The van der Waals surface area contributed by atoms with Crippen molar-refractivity contribution in [2.45, 2.75) is 0 Å². The van der Waals surface area contributed by atoms with Crippen LogP contribution in [0.3, 0.4) is 0 Å². The van der Waals surface area contributed by atoms with Crippen LogP contribution >= 0.6 is 22.7 Å². The van der Waals surface area contributed by atoms with Gasteiger partial charge in [-0.2, -0.15) is 0 Å². The Labute approximate surface area is 333 Å². The number of fused-ring (bicyclic) bond motifs is 9. The van der Waals surface area contributed by atoms with Gasteiger partial charge in [-0.25, -0.2) is 24.9 Å². The normalized spacial score (nSPS) is 11.9. The number of para-hydroxylation sites is 1. The van der Waals surface area contributed by atoms with Gasteiger partial charge < -0.3 is 4.42 Å². The Morgan fingerprint density at radius 2 is 1.02 bits per heavy atom. The van der Waals surface area contributed by atoms with Crippen molar-refractivity contribution in [3.8, 4) is 56.8 Å². The smallest absolute Gasteiger partial charge is 0.180 e. The lowest BCUT2D eigenvalue weighted by Crippen LogP contribution is -2.00. The van der Waals surface area contributed by atoms with Gasteiger partial charge in [0.2, 0.25) is 0 Å². The molecule has 0 unspecified atom stereocenters. The Morgan fingerprint density at radius 3 is 1.88 bits per heavy atom. The van der Waals surface area contributed by atoms with Crippen LogP contribution < -0.4 is 0 Å². The van der Waals surface area contributed by atoms with Crippen LogP contribution in [0.1, 0.15) is 0 Å². The third-order valence-corrected chi connectivity index (χ3v) is 12.9. The second kappa shape index (κ2) is 12.7. The van der Waals surface area contributed by atoms with Crippen molar-refractivity contribution in [1.82, 2.24) is 24.9 Å². The molecular formula is C49H27N5OS2. The monoisotopic (exact) mass is 765 g/mol. The molecule has 12 rings (SSSR count). The van der Waals surface area contributed by atoms with Gasteiger partial charge in [-0.05, 0) is 48.5 Å². The zero-order valence-electron chi connectivity index (χ0n) is 30.0. The summed E-state index contributed by atoms with van der Waals surface area (Å²) in [5.41, 5.74) is 7.80. The fourth-order valence-corrected chi connectivity index (χ4v) is 10.2. The molecule has 8 heteroatoms. The Morgan fingerprint density at radius 1 is 0.386 bits per heavy atom. The molecule has 0 radical (unpaired) electrons. The minimum atomic E-state index is 0.624. The molecule has 0 aliphatic heterocycles. The lowest BCUT2D eigenvalue weighted by Gasteiger charge is -2.10. The van der Waals surface area contributed by atoms with Crippen LogP contribution in [0.2, 0.25) is 0 Å². The van der Waals surface area contributed by atoms with Crippen LogP contribution in [0.25, 0.3) is 119 Å². The van der Waals surface area contributed by atoms with Crippen LogP contribution in [-0.4, -0.2) is 24.9 Å². The second-order valence-corrected chi connectivity index (χ2v) is 16.1. The number of furan rings is 1. The van der Waals surface area contributed by atoms with Crippen LogP contribution in [0.5, 0.6) is 0 Å². The summed E-state index contributed by atoms with van der Waals surface area (Å²) in [6.07, 6.45) is 0. The Hall–Kier alpha value is -7.13. The van der Waals surface area contributed by atoms with Crippen molar-refractivity contribution in [1.29, 1.82) is 0 Å². The van der Waals surface area contributed by atoms with E-state index < -0.39 is 0 Å². The molecule has 0 atom stereocenters. The maximum Gasteiger partial charge on any atom is 0.180 e. The van der Waals surface area contributed by atoms with Crippen molar-refractivity contribution >= 4 is 85.1 Å². The molecule has 0 bridgehead atoms. The molecule has 0 N–H and O–H groups in total. The fourth-order valence-electron chi connectivity index (χ4n) is 7.92. The molecule has 0 spiro atoms. The van der Waals surface area contributed by atoms with E-state index in [0.29, 0.717) is 28.9 Å². The summed E-state index contributed by atoms with van der Waals surface area (Å²) >= 11 is 3.54. The second-order valence-electron chi connectivity index (χ2n) is 14.0. The first-order chi connectivity index (χ1) is 28.2. The van der Waals surface area contributed by atoms with Gasteiger partial charge in [-0.15, -0.1) is 22.7 Å². The highest BCUT2D eigenvalue weighted by Gasteiger charge is 2.22. The van der Waals surface area contributed by atoms with Crippen LogP contribution in [-0.2, 0) is 0 Å². The average Bonchev–Trinajstić information content (AvgIpc) is 3.98. The first-order valence-electron chi connectivity index (χ1n) is 18.7. The SMILES string of the molecule is c1ccc(-c2nc(-c3ccc4sc5ccccc5c4c3)nc(-c3cccc4sc5c(-c6nc(-c7ccccc7)c7oc8ccccc8c7n6)cccc5c34)n2)cc1. The number of hydrogen-bond donors (Lipinski definition) is 0. The lowest BCUT2D eigenvalue weighted by molar-refractivity contribution is 0.667. The summed E-state index contributed by atoms with van der Waals surface area (Å²) in [4.78, 5) is 26.0.